The Kier molecular flexibility index (Phi) is 14.6. The molecule has 55 heavy (non-hydrogen) atoms. The van der Waals surface area contributed by atoms with Gasteiger partial charge in [0.05, 0.1) is 24.0 Å². The molecule has 2 atom stereocenters. The van der Waals surface area contributed by atoms with E-state index in [-0.39, 0.29) is 5.41 Å². The fourth-order valence-electron chi connectivity index (χ4n) is 8.07. The Morgan fingerprint density at radius 1 is 0.655 bits per heavy atom. The largest absolute Gasteiger partial charge is 0.493 e. The average molecular weight is 786 g/mol. The van der Waals surface area contributed by atoms with Crippen LogP contribution in [0, 0.1) is 11.8 Å². The van der Waals surface area contributed by atoms with Gasteiger partial charge in [0, 0.05) is 41.5 Å². The molecule has 0 spiro atoms. The van der Waals surface area contributed by atoms with Gasteiger partial charge in [-0.2, -0.15) is 0 Å². The fraction of sp³-hybridized carbons (Fsp3) is 0.435. The van der Waals surface area contributed by atoms with Crippen LogP contribution in [0.2, 0.25) is 10.0 Å². The number of carboxylic acid groups (broad SMARTS) is 1. The van der Waals surface area contributed by atoms with Gasteiger partial charge < -0.3 is 24.8 Å². The van der Waals surface area contributed by atoms with Crippen LogP contribution in [0.5, 0.6) is 11.5 Å². The number of ether oxygens (including phenoxy) is 2. The Bertz CT molecular complexity index is 1780. The van der Waals surface area contributed by atoms with Gasteiger partial charge in [-0.15, -0.1) is 0 Å². The lowest BCUT2D eigenvalue weighted by molar-refractivity contribution is -0.147. The molecule has 0 radical (unpaired) electrons. The summed E-state index contributed by atoms with van der Waals surface area (Å²) in [7, 11) is 0. The smallest absolute Gasteiger partial charge is 0.314 e. The van der Waals surface area contributed by atoms with Gasteiger partial charge in [0.15, 0.2) is 0 Å². The number of hydrogen-bond acceptors (Lipinski definition) is 5. The van der Waals surface area contributed by atoms with Gasteiger partial charge in [0.1, 0.15) is 11.5 Å². The summed E-state index contributed by atoms with van der Waals surface area (Å²) in [6.07, 6.45) is 10.2. The lowest BCUT2D eigenvalue weighted by atomic mass is 9.63. The van der Waals surface area contributed by atoms with Crippen molar-refractivity contribution in [2.24, 2.45) is 11.8 Å². The van der Waals surface area contributed by atoms with Crippen molar-refractivity contribution in [1.29, 1.82) is 0 Å². The molecule has 0 aromatic heterocycles. The molecule has 2 aliphatic heterocycles. The topological polar surface area (TPSA) is 88.1 Å². The maximum absolute atomic E-state index is 13.5. The summed E-state index contributed by atoms with van der Waals surface area (Å²) in [5, 5.41) is 13.9. The predicted molar refractivity (Wildman–Crippen MR) is 220 cm³/mol. The van der Waals surface area contributed by atoms with Gasteiger partial charge in [-0.3, -0.25) is 9.59 Å². The highest BCUT2D eigenvalue weighted by molar-refractivity contribution is 6.30. The van der Waals surface area contributed by atoms with Crippen molar-refractivity contribution in [3.05, 3.63) is 130 Å². The van der Waals surface area contributed by atoms with Gasteiger partial charge >= 0.3 is 5.97 Å². The summed E-state index contributed by atoms with van der Waals surface area (Å²) in [5.41, 5.74) is 1.02. The van der Waals surface area contributed by atoms with Crippen molar-refractivity contribution in [1.82, 2.24) is 10.2 Å². The molecule has 4 aliphatic rings. The molecular formula is C46H54Cl2N2O5. The minimum Gasteiger partial charge on any atom is -0.493 e. The lowest BCUT2D eigenvalue weighted by Gasteiger charge is -2.46. The first kappa shape index (κ1) is 40.6. The third-order valence-electron chi connectivity index (χ3n) is 11.7. The number of piperidine rings is 2. The Balaban J connectivity index is 0.000000155. The normalized spacial score (nSPS) is 20.8. The van der Waals surface area contributed by atoms with Crippen LogP contribution < -0.4 is 14.8 Å². The number of likely N-dealkylation sites (tertiary alicyclic amines) is 1. The summed E-state index contributed by atoms with van der Waals surface area (Å²) in [6, 6.07) is 35.0. The van der Waals surface area contributed by atoms with E-state index in [0.29, 0.717) is 29.4 Å². The number of benzene rings is 4. The second kappa shape index (κ2) is 19.7. The third-order valence-corrected chi connectivity index (χ3v) is 12.2. The first-order valence-electron chi connectivity index (χ1n) is 19.9. The van der Waals surface area contributed by atoms with Crippen LogP contribution in [0.25, 0.3) is 0 Å². The molecule has 4 aromatic carbocycles. The zero-order valence-corrected chi connectivity index (χ0v) is 33.2. The highest BCUT2D eigenvalue weighted by Gasteiger charge is 2.48. The average Bonchev–Trinajstić information content (AvgIpc) is 3.18. The molecule has 7 nitrogen and oxygen atoms in total. The standard InChI is InChI=1S/C23H26ClNO2.C12H17NO.C11H11ClO2/c24-20-11-9-19(10-12-20)23(13-5-14-23)22(26)25-15-4-6-18(16-25)17-27-21-7-2-1-3-8-21;1-2-6-12(7-3-1)14-10-11-5-4-8-13-9-11;12-9-4-2-8(3-5-9)11(10(13)14)6-1-7-11/h1-3,7-12,18H,4-6,13-17H2;1-3,6-7,11,13H,4-5,8-10H2;2-5H,1,6-7H2,(H,13,14)/t18-;11-;/m11./s1. The van der Waals surface area contributed by atoms with Crippen LogP contribution in [0.4, 0.5) is 0 Å². The molecule has 9 heteroatoms. The molecule has 292 valence electrons. The molecule has 2 aliphatic carbocycles. The van der Waals surface area contributed by atoms with Gasteiger partial charge in [0.25, 0.3) is 0 Å². The number of rotatable bonds is 10. The molecule has 2 saturated carbocycles. The Labute approximate surface area is 336 Å². The predicted octanol–water partition coefficient (Wildman–Crippen LogP) is 9.99. The lowest BCUT2D eigenvalue weighted by Crippen LogP contribution is -2.54. The molecule has 2 N–H and O–H groups in total. The number of para-hydroxylation sites is 2. The number of carbonyl (C=O) groups is 2. The molecule has 1 amide bonds. The van der Waals surface area contributed by atoms with Crippen molar-refractivity contribution in [3.8, 4) is 11.5 Å². The Morgan fingerprint density at radius 2 is 1.15 bits per heavy atom. The summed E-state index contributed by atoms with van der Waals surface area (Å²) < 4.78 is 11.7. The number of carboxylic acids is 1. The van der Waals surface area contributed by atoms with E-state index >= 15 is 0 Å². The minimum absolute atomic E-state index is 0.292. The maximum atomic E-state index is 13.5. The molecular weight excluding hydrogens is 731 g/mol. The zero-order chi connectivity index (χ0) is 38.5. The van der Waals surface area contributed by atoms with Gasteiger partial charge in [-0.25, -0.2) is 0 Å². The number of halogens is 2. The molecule has 0 unspecified atom stereocenters. The highest BCUT2D eigenvalue weighted by Crippen LogP contribution is 2.46. The number of carbonyl (C=O) groups excluding carboxylic acids is 1. The molecule has 2 saturated heterocycles. The molecule has 4 aromatic rings. The zero-order valence-electron chi connectivity index (χ0n) is 31.6. The first-order valence-corrected chi connectivity index (χ1v) is 20.6. The number of hydrogen-bond donors (Lipinski definition) is 2. The van der Waals surface area contributed by atoms with E-state index in [9.17, 15) is 14.7 Å². The van der Waals surface area contributed by atoms with Gasteiger partial charge in [0.2, 0.25) is 5.91 Å². The third kappa shape index (κ3) is 10.6. The van der Waals surface area contributed by atoms with Gasteiger partial charge in [-0.05, 0) is 118 Å². The Morgan fingerprint density at radius 3 is 1.60 bits per heavy atom. The van der Waals surface area contributed by atoms with E-state index in [0.717, 1.165) is 105 Å². The van der Waals surface area contributed by atoms with Crippen LogP contribution in [-0.2, 0) is 20.4 Å². The van der Waals surface area contributed by atoms with Crippen molar-refractivity contribution in [3.63, 3.8) is 0 Å². The van der Waals surface area contributed by atoms with E-state index < -0.39 is 11.4 Å². The van der Waals surface area contributed by atoms with E-state index in [4.69, 9.17) is 32.7 Å². The second-order valence-electron chi connectivity index (χ2n) is 15.4. The number of nitrogens with zero attached hydrogens (tertiary/aromatic N) is 1. The summed E-state index contributed by atoms with van der Waals surface area (Å²) in [6.45, 7) is 5.43. The second-order valence-corrected chi connectivity index (χ2v) is 16.3. The van der Waals surface area contributed by atoms with Crippen molar-refractivity contribution < 1.29 is 24.2 Å². The summed E-state index contributed by atoms with van der Waals surface area (Å²) in [5.74, 6) is 2.54. The van der Waals surface area contributed by atoms with Crippen LogP contribution in [0.15, 0.2) is 109 Å². The van der Waals surface area contributed by atoms with Crippen molar-refractivity contribution in [2.75, 3.05) is 39.4 Å². The first-order chi connectivity index (χ1) is 26.8. The van der Waals surface area contributed by atoms with Crippen LogP contribution in [0.1, 0.15) is 75.3 Å². The molecule has 4 fully saturated rings. The van der Waals surface area contributed by atoms with Crippen LogP contribution in [0.3, 0.4) is 0 Å². The van der Waals surface area contributed by atoms with Gasteiger partial charge in [-0.1, -0.05) is 96.7 Å². The minimum atomic E-state index is -0.717. The molecule has 2 heterocycles. The molecule has 0 bridgehead atoms. The highest BCUT2D eigenvalue weighted by atomic mass is 35.5. The summed E-state index contributed by atoms with van der Waals surface area (Å²) in [4.78, 5) is 26.7. The van der Waals surface area contributed by atoms with E-state index in [2.05, 4.69) is 10.2 Å². The van der Waals surface area contributed by atoms with E-state index in [1.807, 2.05) is 97.1 Å². The molecule has 8 rings (SSSR count). The van der Waals surface area contributed by atoms with E-state index in [1.165, 1.54) is 19.4 Å². The quantitative estimate of drug-likeness (QED) is 0.167. The van der Waals surface area contributed by atoms with Crippen molar-refractivity contribution in [2.45, 2.75) is 75.0 Å². The van der Waals surface area contributed by atoms with Crippen LogP contribution in [-0.4, -0.2) is 61.3 Å². The van der Waals surface area contributed by atoms with E-state index in [1.54, 1.807) is 12.1 Å². The summed E-state index contributed by atoms with van der Waals surface area (Å²) >= 11 is 11.8. The monoisotopic (exact) mass is 784 g/mol. The number of amides is 1. The maximum Gasteiger partial charge on any atom is 0.314 e. The Hall–Kier alpha value is -4.04. The van der Waals surface area contributed by atoms with Crippen LogP contribution >= 0.6 is 23.2 Å². The van der Waals surface area contributed by atoms with Crippen molar-refractivity contribution >= 4 is 35.1 Å². The SMILES string of the molecule is O=C(N1CCC[C@@H](COc2ccccc2)C1)C1(c2ccc(Cl)cc2)CCC1.O=C(O)C1(c2ccc(Cl)cc2)CCC1.c1ccc(OC[C@@H]2CCCNC2)cc1. The number of nitrogens with one attached hydrogen (secondary N) is 1. The fourth-order valence-corrected chi connectivity index (χ4v) is 8.32. The number of aliphatic carboxylic acids is 1.